The lowest BCUT2D eigenvalue weighted by atomic mass is 9.94. The molecule has 16 heavy (non-hydrogen) atoms. The van der Waals surface area contributed by atoms with Gasteiger partial charge in [-0.05, 0) is 32.4 Å². The van der Waals surface area contributed by atoms with Crippen molar-refractivity contribution in [2.24, 2.45) is 0 Å². The number of likely N-dealkylation sites (N-methyl/N-ethyl adjacent to an activating group) is 1. The van der Waals surface area contributed by atoms with Crippen LogP contribution in [-0.2, 0) is 0 Å². The molecule has 0 atom stereocenters. The second-order valence-electron chi connectivity index (χ2n) is 4.91. The molecule has 0 aromatic heterocycles. The third-order valence-electron chi connectivity index (χ3n) is 3.48. The molecule has 0 saturated heterocycles. The quantitative estimate of drug-likeness (QED) is 0.633. The second kappa shape index (κ2) is 6.70. The summed E-state index contributed by atoms with van der Waals surface area (Å²) < 4.78 is 0. The molecule has 1 rings (SSSR count). The van der Waals surface area contributed by atoms with Crippen molar-refractivity contribution in [2.75, 3.05) is 13.6 Å². The highest BCUT2D eigenvalue weighted by molar-refractivity contribution is 5.30. The fourth-order valence-electron chi connectivity index (χ4n) is 2.39. The fraction of sp³-hybridized carbons (Fsp3) is 0.600. The lowest BCUT2D eigenvalue weighted by molar-refractivity contribution is 0.206. The standard InChI is InChI=1S/C15H25N/c1-5-9-14(13(2)3)12-16(4)15-10-7-6-8-11-15/h5,9,15H,1-2,6-8,10-12H2,3-4H3/b14-9-. The molecule has 0 heterocycles. The van der Waals surface area contributed by atoms with Crippen molar-refractivity contribution in [2.45, 2.75) is 45.1 Å². The Morgan fingerprint density at radius 2 is 1.94 bits per heavy atom. The minimum absolute atomic E-state index is 0.765. The van der Waals surface area contributed by atoms with E-state index in [1.807, 2.05) is 6.08 Å². The molecule has 0 spiro atoms. The van der Waals surface area contributed by atoms with Crippen LogP contribution in [0.3, 0.4) is 0 Å². The molecule has 1 fully saturated rings. The van der Waals surface area contributed by atoms with Gasteiger partial charge in [0.1, 0.15) is 0 Å². The molecular formula is C15H25N. The average molecular weight is 219 g/mol. The van der Waals surface area contributed by atoms with Crippen LogP contribution in [0.15, 0.2) is 36.5 Å². The summed E-state index contributed by atoms with van der Waals surface area (Å²) >= 11 is 0. The molecule has 1 aliphatic carbocycles. The molecule has 1 nitrogen and oxygen atoms in total. The van der Waals surface area contributed by atoms with Gasteiger partial charge in [0.2, 0.25) is 0 Å². The van der Waals surface area contributed by atoms with Crippen LogP contribution in [-0.4, -0.2) is 24.5 Å². The topological polar surface area (TPSA) is 3.24 Å². The maximum absolute atomic E-state index is 4.03. The van der Waals surface area contributed by atoms with Crippen LogP contribution in [0.25, 0.3) is 0 Å². The van der Waals surface area contributed by atoms with E-state index in [0.29, 0.717) is 0 Å². The summed E-state index contributed by atoms with van der Waals surface area (Å²) in [5.74, 6) is 0. The number of nitrogens with zero attached hydrogens (tertiary/aromatic N) is 1. The maximum atomic E-state index is 4.03. The SMILES string of the molecule is C=C/C=C(/CN(C)C1CCCCC1)C(=C)C. The zero-order valence-corrected chi connectivity index (χ0v) is 10.8. The van der Waals surface area contributed by atoms with Gasteiger partial charge in [0.05, 0.1) is 0 Å². The van der Waals surface area contributed by atoms with Gasteiger partial charge in [0.25, 0.3) is 0 Å². The number of hydrogen-bond acceptors (Lipinski definition) is 1. The van der Waals surface area contributed by atoms with Crippen LogP contribution in [0.4, 0.5) is 0 Å². The van der Waals surface area contributed by atoms with Crippen molar-refractivity contribution in [3.05, 3.63) is 36.5 Å². The van der Waals surface area contributed by atoms with E-state index < -0.39 is 0 Å². The van der Waals surface area contributed by atoms with E-state index in [4.69, 9.17) is 0 Å². The summed E-state index contributed by atoms with van der Waals surface area (Å²) in [5, 5.41) is 0. The van der Waals surface area contributed by atoms with Gasteiger partial charge in [-0.1, -0.05) is 50.1 Å². The third-order valence-corrected chi connectivity index (χ3v) is 3.48. The van der Waals surface area contributed by atoms with Gasteiger partial charge < -0.3 is 0 Å². The fourth-order valence-corrected chi connectivity index (χ4v) is 2.39. The average Bonchev–Trinajstić information content (AvgIpc) is 2.29. The Bertz CT molecular complexity index is 269. The van der Waals surface area contributed by atoms with Crippen molar-refractivity contribution in [3.63, 3.8) is 0 Å². The molecule has 1 heteroatoms. The third kappa shape index (κ3) is 3.97. The number of hydrogen-bond donors (Lipinski definition) is 0. The van der Waals surface area contributed by atoms with Gasteiger partial charge in [-0.2, -0.15) is 0 Å². The highest BCUT2D eigenvalue weighted by atomic mass is 15.1. The van der Waals surface area contributed by atoms with Crippen molar-refractivity contribution >= 4 is 0 Å². The first-order chi connectivity index (χ1) is 7.65. The first-order valence-corrected chi connectivity index (χ1v) is 6.33. The molecule has 0 bridgehead atoms. The lowest BCUT2D eigenvalue weighted by Crippen LogP contribution is -2.34. The smallest absolute Gasteiger partial charge is 0.0236 e. The zero-order valence-electron chi connectivity index (χ0n) is 10.8. The first-order valence-electron chi connectivity index (χ1n) is 6.33. The molecule has 0 aliphatic heterocycles. The summed E-state index contributed by atoms with van der Waals surface area (Å²) in [7, 11) is 2.23. The molecule has 0 aromatic rings. The maximum Gasteiger partial charge on any atom is 0.0236 e. The van der Waals surface area contributed by atoms with Crippen LogP contribution in [0.5, 0.6) is 0 Å². The monoisotopic (exact) mass is 219 g/mol. The summed E-state index contributed by atoms with van der Waals surface area (Å²) in [4.78, 5) is 2.48. The Morgan fingerprint density at radius 3 is 2.44 bits per heavy atom. The Labute approximate surface area is 101 Å². The van der Waals surface area contributed by atoms with Crippen LogP contribution in [0.1, 0.15) is 39.0 Å². The van der Waals surface area contributed by atoms with Gasteiger partial charge in [0, 0.05) is 12.6 Å². The van der Waals surface area contributed by atoms with E-state index in [0.717, 1.165) is 18.2 Å². The van der Waals surface area contributed by atoms with E-state index in [1.54, 1.807) is 0 Å². The minimum Gasteiger partial charge on any atom is -0.299 e. The second-order valence-corrected chi connectivity index (χ2v) is 4.91. The summed E-state index contributed by atoms with van der Waals surface area (Å²) in [6, 6.07) is 0.765. The van der Waals surface area contributed by atoms with Crippen LogP contribution in [0.2, 0.25) is 0 Å². The van der Waals surface area contributed by atoms with E-state index in [1.165, 1.54) is 37.7 Å². The molecule has 0 amide bonds. The molecular weight excluding hydrogens is 194 g/mol. The lowest BCUT2D eigenvalue weighted by Gasteiger charge is -2.31. The Hall–Kier alpha value is -0.820. The zero-order chi connectivity index (χ0) is 12.0. The summed E-state index contributed by atoms with van der Waals surface area (Å²) in [6.45, 7) is 10.9. The number of allylic oxidation sites excluding steroid dienone is 2. The van der Waals surface area contributed by atoms with Crippen LogP contribution < -0.4 is 0 Å². The highest BCUT2D eigenvalue weighted by Crippen LogP contribution is 2.23. The van der Waals surface area contributed by atoms with Gasteiger partial charge in [-0.3, -0.25) is 4.90 Å². The predicted octanol–water partition coefficient (Wildman–Crippen LogP) is 3.94. The molecule has 90 valence electrons. The normalized spacial score (nSPS) is 18.8. The van der Waals surface area contributed by atoms with Gasteiger partial charge >= 0.3 is 0 Å². The van der Waals surface area contributed by atoms with Crippen LogP contribution in [0, 0.1) is 0 Å². The van der Waals surface area contributed by atoms with Crippen LogP contribution >= 0.6 is 0 Å². The van der Waals surface area contributed by atoms with E-state index in [-0.39, 0.29) is 0 Å². The van der Waals surface area contributed by atoms with Crippen molar-refractivity contribution in [1.29, 1.82) is 0 Å². The molecule has 0 unspecified atom stereocenters. The van der Waals surface area contributed by atoms with E-state index in [9.17, 15) is 0 Å². The van der Waals surface area contributed by atoms with E-state index >= 15 is 0 Å². The van der Waals surface area contributed by atoms with Gasteiger partial charge in [0.15, 0.2) is 0 Å². The molecule has 0 radical (unpaired) electrons. The van der Waals surface area contributed by atoms with Crippen molar-refractivity contribution < 1.29 is 0 Å². The first kappa shape index (κ1) is 13.2. The van der Waals surface area contributed by atoms with Crippen molar-refractivity contribution in [3.8, 4) is 0 Å². The number of rotatable bonds is 5. The van der Waals surface area contributed by atoms with Gasteiger partial charge in [-0.15, -0.1) is 0 Å². The van der Waals surface area contributed by atoms with E-state index in [2.05, 4.69) is 38.1 Å². The minimum atomic E-state index is 0.765. The van der Waals surface area contributed by atoms with Crippen molar-refractivity contribution in [1.82, 2.24) is 4.90 Å². The Balaban J connectivity index is 2.53. The molecule has 0 aromatic carbocycles. The highest BCUT2D eigenvalue weighted by Gasteiger charge is 2.18. The molecule has 1 saturated carbocycles. The Morgan fingerprint density at radius 1 is 1.31 bits per heavy atom. The summed E-state index contributed by atoms with van der Waals surface area (Å²) in [6.07, 6.45) is 10.9. The van der Waals surface area contributed by atoms with Gasteiger partial charge in [-0.25, -0.2) is 0 Å². The summed E-state index contributed by atoms with van der Waals surface area (Å²) in [5.41, 5.74) is 2.46. The Kier molecular flexibility index (Phi) is 5.54. The molecule has 0 N–H and O–H groups in total. The largest absolute Gasteiger partial charge is 0.299 e. The predicted molar refractivity (Wildman–Crippen MR) is 72.6 cm³/mol. The molecule has 1 aliphatic rings.